The molecule has 0 aliphatic carbocycles. The minimum absolute atomic E-state index is 0.127. The molecule has 0 aromatic carbocycles. The zero-order chi connectivity index (χ0) is 10.6. The van der Waals surface area contributed by atoms with Gasteiger partial charge in [-0.3, -0.25) is 5.32 Å². The number of nitrogens with one attached hydrogen (secondary N) is 1. The largest absolute Gasteiger partial charge is 0.476 e. The van der Waals surface area contributed by atoms with E-state index in [1.165, 1.54) is 19.2 Å². The zero-order valence-electron chi connectivity index (χ0n) is 7.22. The van der Waals surface area contributed by atoms with Crippen LogP contribution in [0.25, 0.3) is 0 Å². The quantitative estimate of drug-likeness (QED) is 0.709. The molecule has 14 heavy (non-hydrogen) atoms. The van der Waals surface area contributed by atoms with Crippen LogP contribution < -0.4 is 5.32 Å². The average Bonchev–Trinajstić information content (AvgIpc) is 2.18. The number of amides is 1. The van der Waals surface area contributed by atoms with Gasteiger partial charge in [-0.25, -0.2) is 9.59 Å². The fraction of sp³-hybridized carbons (Fsp3) is 0.143. The molecule has 1 amide bonds. The summed E-state index contributed by atoms with van der Waals surface area (Å²) in [6.45, 7) is 0. The minimum atomic E-state index is -1.18. The summed E-state index contributed by atoms with van der Waals surface area (Å²) in [4.78, 5) is 21.1. The summed E-state index contributed by atoms with van der Waals surface area (Å²) in [6.07, 6.45) is -0.692. The Kier molecular flexibility index (Phi) is 2.95. The van der Waals surface area contributed by atoms with Crippen LogP contribution in [0.4, 0.5) is 10.6 Å². The number of hydrogen-bond donors (Lipinski definition) is 2. The third-order valence-electron chi connectivity index (χ3n) is 1.30. The maximum Gasteiger partial charge on any atom is 0.412 e. The van der Waals surface area contributed by atoms with Gasteiger partial charge in [0, 0.05) is 0 Å². The van der Waals surface area contributed by atoms with E-state index in [0.717, 1.165) is 0 Å². The highest BCUT2D eigenvalue weighted by atomic mass is 16.5. The molecule has 1 aromatic rings. The molecule has 1 rings (SSSR count). The third-order valence-corrected chi connectivity index (χ3v) is 1.30. The lowest BCUT2D eigenvalue weighted by Gasteiger charge is -2.00. The molecule has 0 saturated heterocycles. The van der Waals surface area contributed by atoms with Crippen LogP contribution in [-0.4, -0.2) is 34.5 Å². The fourth-order valence-electron chi connectivity index (χ4n) is 0.669. The van der Waals surface area contributed by atoms with Crippen LogP contribution in [0.5, 0.6) is 0 Å². The molecule has 0 fully saturated rings. The Labute approximate surface area is 78.7 Å². The summed E-state index contributed by atoms with van der Waals surface area (Å²) in [7, 11) is 1.20. The van der Waals surface area contributed by atoms with Gasteiger partial charge in [-0.1, -0.05) is 0 Å². The van der Waals surface area contributed by atoms with Crippen molar-refractivity contribution >= 4 is 17.9 Å². The monoisotopic (exact) mass is 197 g/mol. The van der Waals surface area contributed by atoms with Gasteiger partial charge in [0.1, 0.15) is 0 Å². The summed E-state index contributed by atoms with van der Waals surface area (Å²) >= 11 is 0. The third kappa shape index (κ3) is 2.41. The highest BCUT2D eigenvalue weighted by Crippen LogP contribution is 2.01. The van der Waals surface area contributed by atoms with Crippen molar-refractivity contribution in [1.82, 2.24) is 10.2 Å². The van der Waals surface area contributed by atoms with Crippen molar-refractivity contribution in [2.24, 2.45) is 0 Å². The number of methoxy groups -OCH3 is 1. The molecule has 0 aliphatic heterocycles. The van der Waals surface area contributed by atoms with Crippen molar-refractivity contribution in [2.75, 3.05) is 12.4 Å². The van der Waals surface area contributed by atoms with Crippen LogP contribution in [0.3, 0.4) is 0 Å². The van der Waals surface area contributed by atoms with Gasteiger partial charge in [-0.05, 0) is 12.1 Å². The second kappa shape index (κ2) is 4.17. The number of carbonyl (C=O) groups is 2. The van der Waals surface area contributed by atoms with Crippen molar-refractivity contribution in [3.8, 4) is 0 Å². The first-order valence-electron chi connectivity index (χ1n) is 3.55. The Morgan fingerprint density at radius 2 is 2.14 bits per heavy atom. The van der Waals surface area contributed by atoms with Crippen molar-refractivity contribution in [2.45, 2.75) is 0 Å². The van der Waals surface area contributed by atoms with Crippen LogP contribution in [0.1, 0.15) is 10.5 Å². The highest BCUT2D eigenvalue weighted by Gasteiger charge is 2.06. The molecule has 0 unspecified atom stereocenters. The van der Waals surface area contributed by atoms with Crippen molar-refractivity contribution < 1.29 is 19.4 Å². The molecule has 1 heterocycles. The predicted octanol–water partition coefficient (Wildman–Crippen LogP) is 0.353. The fourth-order valence-corrected chi connectivity index (χ4v) is 0.669. The summed E-state index contributed by atoms with van der Waals surface area (Å²) in [5.74, 6) is -1.05. The minimum Gasteiger partial charge on any atom is -0.476 e. The Hall–Kier alpha value is -2.18. The lowest BCUT2D eigenvalue weighted by molar-refractivity contribution is 0.0689. The summed E-state index contributed by atoms with van der Waals surface area (Å²) in [5.41, 5.74) is -0.194. The Bertz CT molecular complexity index is 348. The lowest BCUT2D eigenvalue weighted by Crippen LogP contribution is -2.13. The molecule has 2 N–H and O–H groups in total. The first-order valence-corrected chi connectivity index (χ1v) is 3.55. The van der Waals surface area contributed by atoms with E-state index in [-0.39, 0.29) is 11.5 Å². The molecule has 0 radical (unpaired) electrons. The smallest absolute Gasteiger partial charge is 0.412 e. The number of anilines is 1. The lowest BCUT2D eigenvalue weighted by atomic mass is 10.4. The molecule has 7 nitrogen and oxygen atoms in total. The number of carbonyl (C=O) groups excluding carboxylic acids is 1. The molecule has 0 saturated carbocycles. The van der Waals surface area contributed by atoms with Gasteiger partial charge in [-0.15, -0.1) is 10.2 Å². The standard InChI is InChI=1S/C7H7N3O4/c1-14-7(13)8-5-3-2-4(6(11)12)9-10-5/h2-3H,1H3,(H,11,12)(H,8,10,13). The van der Waals surface area contributed by atoms with Crippen LogP contribution in [-0.2, 0) is 4.74 Å². The zero-order valence-corrected chi connectivity index (χ0v) is 7.22. The van der Waals surface area contributed by atoms with Crippen LogP contribution in [0, 0.1) is 0 Å². The van der Waals surface area contributed by atoms with Gasteiger partial charge in [0.05, 0.1) is 7.11 Å². The van der Waals surface area contributed by atoms with E-state index in [0.29, 0.717) is 0 Å². The number of nitrogens with zero attached hydrogens (tertiary/aromatic N) is 2. The molecule has 74 valence electrons. The number of rotatable bonds is 2. The number of hydrogen-bond acceptors (Lipinski definition) is 5. The SMILES string of the molecule is COC(=O)Nc1ccc(C(=O)O)nn1. The van der Waals surface area contributed by atoms with Gasteiger partial charge in [0.2, 0.25) is 0 Å². The number of aromatic carboxylic acids is 1. The Morgan fingerprint density at radius 3 is 2.57 bits per heavy atom. The second-order valence-electron chi connectivity index (χ2n) is 2.23. The molecule has 0 spiro atoms. The molecule has 0 atom stereocenters. The highest BCUT2D eigenvalue weighted by molar-refractivity contribution is 5.86. The number of aromatic nitrogens is 2. The van der Waals surface area contributed by atoms with Crippen LogP contribution in [0.2, 0.25) is 0 Å². The molecule has 7 heteroatoms. The number of carboxylic acid groups (broad SMARTS) is 1. The van der Waals surface area contributed by atoms with Crippen molar-refractivity contribution in [3.63, 3.8) is 0 Å². The van der Waals surface area contributed by atoms with Crippen molar-refractivity contribution in [1.29, 1.82) is 0 Å². The normalized spacial score (nSPS) is 9.21. The Morgan fingerprint density at radius 1 is 1.43 bits per heavy atom. The van der Waals surface area contributed by atoms with Gasteiger partial charge >= 0.3 is 12.1 Å². The van der Waals surface area contributed by atoms with Gasteiger partial charge in [0.15, 0.2) is 11.5 Å². The van der Waals surface area contributed by atoms with Gasteiger partial charge in [-0.2, -0.15) is 0 Å². The van der Waals surface area contributed by atoms with Crippen LogP contribution >= 0.6 is 0 Å². The average molecular weight is 197 g/mol. The molecule has 0 bridgehead atoms. The molecular weight excluding hydrogens is 190 g/mol. The maximum atomic E-state index is 10.7. The van der Waals surface area contributed by atoms with Gasteiger partial charge < -0.3 is 9.84 Å². The first-order chi connectivity index (χ1) is 6.63. The summed E-state index contributed by atoms with van der Waals surface area (Å²) < 4.78 is 4.30. The van der Waals surface area contributed by atoms with E-state index < -0.39 is 12.1 Å². The second-order valence-corrected chi connectivity index (χ2v) is 2.23. The Balaban J connectivity index is 2.73. The van der Waals surface area contributed by atoms with E-state index in [4.69, 9.17) is 5.11 Å². The number of ether oxygens (including phenoxy) is 1. The summed E-state index contributed by atoms with van der Waals surface area (Å²) in [6, 6.07) is 2.54. The number of carboxylic acids is 1. The van der Waals surface area contributed by atoms with Gasteiger partial charge in [0.25, 0.3) is 0 Å². The molecule has 1 aromatic heterocycles. The van der Waals surface area contributed by atoms with E-state index >= 15 is 0 Å². The van der Waals surface area contributed by atoms with E-state index in [1.54, 1.807) is 0 Å². The molecule has 0 aliphatic rings. The van der Waals surface area contributed by atoms with Crippen molar-refractivity contribution in [3.05, 3.63) is 17.8 Å². The molecular formula is C7H7N3O4. The summed E-state index contributed by atoms with van der Waals surface area (Å²) in [5, 5.41) is 17.5. The van der Waals surface area contributed by atoms with E-state index in [2.05, 4.69) is 20.3 Å². The first kappa shape index (κ1) is 9.90. The topological polar surface area (TPSA) is 101 Å². The maximum absolute atomic E-state index is 10.7. The van der Waals surface area contributed by atoms with E-state index in [9.17, 15) is 9.59 Å². The van der Waals surface area contributed by atoms with Crippen LogP contribution in [0.15, 0.2) is 12.1 Å². The van der Waals surface area contributed by atoms with E-state index in [1.807, 2.05) is 0 Å². The predicted molar refractivity (Wildman–Crippen MR) is 45.0 cm³/mol.